The van der Waals surface area contributed by atoms with Gasteiger partial charge in [0.05, 0.1) is 18.9 Å². The van der Waals surface area contributed by atoms with Crippen molar-refractivity contribution in [3.05, 3.63) is 24.3 Å². The third-order valence-corrected chi connectivity index (χ3v) is 5.97. The number of methoxy groups -OCH3 is 1. The largest absolute Gasteiger partial charge is 0.497 e. The number of nitrogens with zero attached hydrogens (tertiary/aromatic N) is 1. The molecule has 1 saturated heterocycles. The molecule has 3 atom stereocenters. The minimum atomic E-state index is -0.843. The number of hydrogen-bond donors (Lipinski definition) is 2. The van der Waals surface area contributed by atoms with Crippen LogP contribution in [0.15, 0.2) is 24.3 Å². The fourth-order valence-electron chi connectivity index (χ4n) is 3.44. The van der Waals surface area contributed by atoms with Crippen molar-refractivity contribution in [2.24, 2.45) is 11.8 Å². The molecule has 8 heteroatoms. The van der Waals surface area contributed by atoms with Crippen LogP contribution in [0.25, 0.3) is 0 Å². The molecule has 7 nitrogen and oxygen atoms in total. The first-order valence-electron chi connectivity index (χ1n) is 8.55. The van der Waals surface area contributed by atoms with Crippen LogP contribution in [0.5, 0.6) is 5.75 Å². The summed E-state index contributed by atoms with van der Waals surface area (Å²) in [5.74, 6) is -0.210. The Morgan fingerprint density at radius 2 is 1.88 bits per heavy atom. The highest BCUT2D eigenvalue weighted by molar-refractivity contribution is 7.99. The Labute approximate surface area is 156 Å². The molecule has 1 unspecified atom stereocenters. The number of carbonyl (C=O) groups excluding carboxylic acids is 2. The van der Waals surface area contributed by atoms with Crippen LogP contribution in [-0.4, -0.2) is 52.6 Å². The van der Waals surface area contributed by atoms with E-state index < -0.39 is 17.9 Å². The van der Waals surface area contributed by atoms with Crippen LogP contribution in [0.1, 0.15) is 19.3 Å². The number of aliphatic carboxylic acids is 1. The van der Waals surface area contributed by atoms with Gasteiger partial charge in [0.2, 0.25) is 11.8 Å². The van der Waals surface area contributed by atoms with Crippen LogP contribution in [-0.2, 0) is 14.4 Å². The predicted molar refractivity (Wildman–Crippen MR) is 98.0 cm³/mol. The van der Waals surface area contributed by atoms with Gasteiger partial charge in [0.1, 0.15) is 11.8 Å². The van der Waals surface area contributed by atoms with E-state index in [1.165, 1.54) is 11.8 Å². The van der Waals surface area contributed by atoms with Crippen LogP contribution in [0.3, 0.4) is 0 Å². The van der Waals surface area contributed by atoms with Crippen molar-refractivity contribution in [2.45, 2.75) is 25.3 Å². The molecule has 1 saturated carbocycles. The molecule has 0 bridgehead atoms. The van der Waals surface area contributed by atoms with Crippen molar-refractivity contribution in [1.82, 2.24) is 4.90 Å². The molecule has 0 radical (unpaired) electrons. The average Bonchev–Trinajstić information content (AvgIpc) is 3.31. The Balaban J connectivity index is 1.62. The molecule has 3 rings (SSSR count). The number of carboxylic acids is 1. The topological polar surface area (TPSA) is 95.9 Å². The Morgan fingerprint density at radius 3 is 2.50 bits per heavy atom. The molecule has 2 N–H and O–H groups in total. The van der Waals surface area contributed by atoms with Gasteiger partial charge in [0.25, 0.3) is 0 Å². The second-order valence-corrected chi connectivity index (χ2v) is 7.59. The van der Waals surface area contributed by atoms with Crippen molar-refractivity contribution in [3.8, 4) is 5.75 Å². The van der Waals surface area contributed by atoms with Gasteiger partial charge in [-0.3, -0.25) is 14.4 Å². The number of ether oxygens (including phenoxy) is 1. The number of nitrogens with one attached hydrogen (secondary N) is 1. The highest BCUT2D eigenvalue weighted by atomic mass is 32.2. The number of rotatable bonds is 5. The van der Waals surface area contributed by atoms with Crippen LogP contribution in [0, 0.1) is 11.8 Å². The Bertz CT molecular complexity index is 693. The van der Waals surface area contributed by atoms with E-state index in [4.69, 9.17) is 9.84 Å². The molecule has 140 valence electrons. The number of anilines is 1. The summed E-state index contributed by atoms with van der Waals surface area (Å²) < 4.78 is 5.09. The molecular weight excluding hydrogens is 356 g/mol. The molecule has 2 aliphatic rings. The van der Waals surface area contributed by atoms with E-state index in [1.807, 2.05) is 0 Å². The molecular formula is C18H22N2O5S. The lowest BCUT2D eigenvalue weighted by atomic mass is 10.0. The number of benzene rings is 1. The van der Waals surface area contributed by atoms with E-state index in [0.29, 0.717) is 42.3 Å². The molecule has 0 aromatic heterocycles. The number of carbonyl (C=O) groups is 3. The zero-order valence-corrected chi connectivity index (χ0v) is 15.3. The number of thioether (sulfide) groups is 1. The summed E-state index contributed by atoms with van der Waals surface area (Å²) >= 11 is 1.54. The first-order valence-corrected chi connectivity index (χ1v) is 9.71. The normalized spacial score (nSPS) is 25.1. The fraction of sp³-hybridized carbons (Fsp3) is 0.500. The van der Waals surface area contributed by atoms with Gasteiger partial charge >= 0.3 is 5.97 Å². The van der Waals surface area contributed by atoms with Gasteiger partial charge in [-0.05, 0) is 43.5 Å². The van der Waals surface area contributed by atoms with Crippen molar-refractivity contribution in [2.75, 3.05) is 24.1 Å². The number of amides is 2. The summed E-state index contributed by atoms with van der Waals surface area (Å²) in [6.07, 6.45) is 1.46. The van der Waals surface area contributed by atoms with Gasteiger partial charge < -0.3 is 20.1 Å². The van der Waals surface area contributed by atoms with Crippen molar-refractivity contribution in [1.29, 1.82) is 0 Å². The predicted octanol–water partition coefficient (Wildman–Crippen LogP) is 2.04. The van der Waals surface area contributed by atoms with Gasteiger partial charge in [-0.25, -0.2) is 0 Å². The smallest absolute Gasteiger partial charge is 0.306 e. The van der Waals surface area contributed by atoms with Crippen molar-refractivity contribution < 1.29 is 24.2 Å². The van der Waals surface area contributed by atoms with E-state index >= 15 is 0 Å². The second kappa shape index (κ2) is 7.99. The van der Waals surface area contributed by atoms with Crippen LogP contribution >= 0.6 is 11.8 Å². The third-order valence-electron chi connectivity index (χ3n) is 4.96. The lowest BCUT2D eigenvalue weighted by Crippen LogP contribution is -2.46. The monoisotopic (exact) mass is 378 g/mol. The Kier molecular flexibility index (Phi) is 5.70. The Morgan fingerprint density at radius 1 is 1.19 bits per heavy atom. The molecule has 1 aromatic rings. The number of hydrogen-bond acceptors (Lipinski definition) is 5. The molecule has 1 aromatic carbocycles. The first-order chi connectivity index (χ1) is 12.5. The van der Waals surface area contributed by atoms with Crippen LogP contribution in [0.4, 0.5) is 5.69 Å². The molecule has 0 spiro atoms. The summed E-state index contributed by atoms with van der Waals surface area (Å²) in [7, 11) is 1.57. The van der Waals surface area contributed by atoms with E-state index in [0.717, 1.165) is 0 Å². The van der Waals surface area contributed by atoms with E-state index in [2.05, 4.69) is 5.32 Å². The minimum absolute atomic E-state index is 0.103. The lowest BCUT2D eigenvalue weighted by Gasteiger charge is -2.26. The zero-order valence-electron chi connectivity index (χ0n) is 14.5. The van der Waals surface area contributed by atoms with E-state index in [-0.39, 0.29) is 17.7 Å². The quantitative estimate of drug-likeness (QED) is 0.814. The maximum atomic E-state index is 12.8. The third kappa shape index (κ3) is 3.95. The highest BCUT2D eigenvalue weighted by Gasteiger charge is 2.41. The van der Waals surface area contributed by atoms with Crippen molar-refractivity contribution >= 4 is 35.2 Å². The number of carboxylic acid groups (broad SMARTS) is 1. The second-order valence-electron chi connectivity index (χ2n) is 6.59. The summed E-state index contributed by atoms with van der Waals surface area (Å²) in [4.78, 5) is 38.1. The van der Waals surface area contributed by atoms with Crippen LogP contribution < -0.4 is 10.1 Å². The average molecular weight is 378 g/mol. The lowest BCUT2D eigenvalue weighted by molar-refractivity contribution is -0.142. The van der Waals surface area contributed by atoms with Gasteiger partial charge in [0, 0.05) is 17.4 Å². The molecule has 1 aliphatic carbocycles. The zero-order chi connectivity index (χ0) is 18.7. The SMILES string of the molecule is COc1ccc(NC(=O)C2CSCN2C(=O)[C@@H]2CC[C@H](C(=O)O)C2)cc1. The Hall–Kier alpha value is -2.22. The molecule has 2 fully saturated rings. The van der Waals surface area contributed by atoms with E-state index in [1.54, 1.807) is 36.3 Å². The van der Waals surface area contributed by atoms with Crippen molar-refractivity contribution in [3.63, 3.8) is 0 Å². The van der Waals surface area contributed by atoms with Gasteiger partial charge in [-0.1, -0.05) is 0 Å². The van der Waals surface area contributed by atoms with E-state index in [9.17, 15) is 14.4 Å². The minimum Gasteiger partial charge on any atom is -0.497 e. The maximum absolute atomic E-state index is 12.8. The highest BCUT2D eigenvalue weighted by Crippen LogP contribution is 2.35. The van der Waals surface area contributed by atoms with Gasteiger partial charge in [0.15, 0.2) is 0 Å². The van der Waals surface area contributed by atoms with Crippen LogP contribution in [0.2, 0.25) is 0 Å². The summed E-state index contributed by atoms with van der Waals surface area (Å²) in [6, 6.07) is 6.48. The summed E-state index contributed by atoms with van der Waals surface area (Å²) in [6.45, 7) is 0. The first kappa shape index (κ1) is 18.6. The summed E-state index contributed by atoms with van der Waals surface area (Å²) in [5, 5.41) is 12.0. The molecule has 1 aliphatic heterocycles. The molecule has 26 heavy (non-hydrogen) atoms. The molecule has 1 heterocycles. The fourth-order valence-corrected chi connectivity index (χ4v) is 4.61. The van der Waals surface area contributed by atoms with Gasteiger partial charge in [-0.15, -0.1) is 11.8 Å². The summed E-state index contributed by atoms with van der Waals surface area (Å²) in [5.41, 5.74) is 0.645. The standard InChI is InChI=1S/C18H22N2O5S/c1-25-14-6-4-13(5-7-14)19-16(21)15-9-26-10-20(15)17(22)11-2-3-12(8-11)18(23)24/h4-7,11-12,15H,2-3,8-10H2,1H3,(H,19,21)(H,23,24)/t11-,12+,15?/m1/s1. The molecule has 2 amide bonds. The van der Waals surface area contributed by atoms with Gasteiger partial charge in [-0.2, -0.15) is 0 Å². The maximum Gasteiger partial charge on any atom is 0.306 e.